The lowest BCUT2D eigenvalue weighted by atomic mass is 10.1. The van der Waals surface area contributed by atoms with E-state index in [1.54, 1.807) is 11.8 Å². The number of hydrogen-bond donors (Lipinski definition) is 0. The van der Waals surface area contributed by atoms with E-state index in [1.807, 2.05) is 60.0 Å². The van der Waals surface area contributed by atoms with Crippen molar-refractivity contribution in [2.75, 3.05) is 0 Å². The highest BCUT2D eigenvalue weighted by Gasteiger charge is 2.11. The highest BCUT2D eigenvalue weighted by molar-refractivity contribution is 8.02. The molecule has 0 spiro atoms. The van der Waals surface area contributed by atoms with Crippen LogP contribution in [0.15, 0.2) is 100 Å². The topological polar surface area (TPSA) is 21.6 Å². The van der Waals surface area contributed by atoms with Crippen LogP contribution in [0.4, 0.5) is 5.69 Å². The van der Waals surface area contributed by atoms with Crippen LogP contribution in [0, 0.1) is 0 Å². The molecular formula is C24H21NOS. The van der Waals surface area contributed by atoms with E-state index in [-0.39, 0.29) is 0 Å². The van der Waals surface area contributed by atoms with Crippen molar-refractivity contribution in [3.05, 3.63) is 101 Å². The fourth-order valence-corrected chi connectivity index (χ4v) is 3.78. The number of aryl methyl sites for hydroxylation is 2. The van der Waals surface area contributed by atoms with E-state index in [2.05, 4.69) is 30.3 Å². The number of hydrogen-bond acceptors (Lipinski definition) is 3. The molecule has 3 heteroatoms. The van der Waals surface area contributed by atoms with Gasteiger partial charge in [-0.15, -0.1) is 0 Å². The molecule has 0 fully saturated rings. The van der Waals surface area contributed by atoms with Crippen molar-refractivity contribution in [1.29, 1.82) is 0 Å². The molecule has 27 heavy (non-hydrogen) atoms. The summed E-state index contributed by atoms with van der Waals surface area (Å²) in [6.07, 6.45) is 5.50. The highest BCUT2D eigenvalue weighted by Crippen LogP contribution is 2.27. The predicted octanol–water partition coefficient (Wildman–Crippen LogP) is 6.59. The van der Waals surface area contributed by atoms with E-state index >= 15 is 0 Å². The van der Waals surface area contributed by atoms with Crippen LogP contribution < -0.4 is 4.74 Å². The molecule has 0 atom stereocenters. The second-order valence-corrected chi connectivity index (χ2v) is 7.38. The van der Waals surface area contributed by atoms with E-state index in [0.29, 0.717) is 5.90 Å². The maximum absolute atomic E-state index is 6.03. The number of ether oxygens (including phenoxy) is 1. The van der Waals surface area contributed by atoms with E-state index in [1.165, 1.54) is 28.9 Å². The normalized spacial score (nSPS) is 13.7. The van der Waals surface area contributed by atoms with Crippen molar-refractivity contribution in [2.45, 2.75) is 24.2 Å². The first-order valence-electron chi connectivity index (χ1n) is 9.18. The zero-order valence-electron chi connectivity index (χ0n) is 15.0. The first-order chi connectivity index (χ1) is 13.4. The molecule has 0 unspecified atom stereocenters. The molecule has 134 valence electrons. The Morgan fingerprint density at radius 3 is 2.41 bits per heavy atom. The van der Waals surface area contributed by atoms with Gasteiger partial charge in [-0.1, -0.05) is 54.2 Å². The zero-order valence-corrected chi connectivity index (χ0v) is 15.9. The molecule has 0 radical (unpaired) electrons. The summed E-state index contributed by atoms with van der Waals surface area (Å²) >= 11 is 1.65. The third-order valence-electron chi connectivity index (χ3n) is 4.44. The van der Waals surface area contributed by atoms with Gasteiger partial charge in [0.05, 0.1) is 5.69 Å². The summed E-state index contributed by atoms with van der Waals surface area (Å²) in [4.78, 5) is 5.94. The highest BCUT2D eigenvalue weighted by atomic mass is 32.2. The lowest BCUT2D eigenvalue weighted by molar-refractivity contribution is 0.556. The minimum Gasteiger partial charge on any atom is -0.439 e. The van der Waals surface area contributed by atoms with Crippen LogP contribution in [0.25, 0.3) is 0 Å². The quantitative estimate of drug-likeness (QED) is 0.287. The lowest BCUT2D eigenvalue weighted by Crippen LogP contribution is -2.04. The van der Waals surface area contributed by atoms with E-state index in [4.69, 9.17) is 9.73 Å². The van der Waals surface area contributed by atoms with Crippen molar-refractivity contribution in [3.8, 4) is 5.75 Å². The van der Waals surface area contributed by atoms with Gasteiger partial charge in [0.25, 0.3) is 0 Å². The van der Waals surface area contributed by atoms with E-state index in [9.17, 15) is 0 Å². The van der Waals surface area contributed by atoms with Crippen LogP contribution in [0.2, 0.25) is 0 Å². The van der Waals surface area contributed by atoms with Gasteiger partial charge in [0.1, 0.15) is 5.75 Å². The Bertz CT molecular complexity index is 949. The summed E-state index contributed by atoms with van der Waals surface area (Å²) in [5.74, 6) is 1.37. The van der Waals surface area contributed by atoms with E-state index in [0.717, 1.165) is 17.9 Å². The Balaban J connectivity index is 1.57. The van der Waals surface area contributed by atoms with Gasteiger partial charge in [0, 0.05) is 11.0 Å². The first-order valence-corrected chi connectivity index (χ1v) is 10.1. The van der Waals surface area contributed by atoms with Gasteiger partial charge >= 0.3 is 0 Å². The molecule has 4 rings (SSSR count). The Kier molecular flexibility index (Phi) is 5.70. The molecule has 0 saturated heterocycles. The molecule has 0 heterocycles. The van der Waals surface area contributed by atoms with Crippen LogP contribution in [-0.4, -0.2) is 5.90 Å². The third-order valence-corrected chi connectivity index (χ3v) is 5.26. The van der Waals surface area contributed by atoms with Crippen molar-refractivity contribution >= 4 is 23.3 Å². The molecule has 2 nitrogen and oxygen atoms in total. The summed E-state index contributed by atoms with van der Waals surface area (Å²) in [7, 11) is 0. The van der Waals surface area contributed by atoms with Crippen molar-refractivity contribution < 1.29 is 4.74 Å². The van der Waals surface area contributed by atoms with Crippen molar-refractivity contribution in [3.63, 3.8) is 0 Å². The van der Waals surface area contributed by atoms with Gasteiger partial charge in [0.2, 0.25) is 5.90 Å². The molecular weight excluding hydrogens is 350 g/mol. The maximum atomic E-state index is 6.03. The molecule has 3 aromatic carbocycles. The average Bonchev–Trinajstić information content (AvgIpc) is 3.17. The molecule has 0 N–H and O–H groups in total. The van der Waals surface area contributed by atoms with Gasteiger partial charge in [-0.05, 0) is 72.2 Å². The van der Waals surface area contributed by atoms with Crippen LogP contribution in [0.3, 0.4) is 0 Å². The summed E-state index contributed by atoms with van der Waals surface area (Å²) in [5.41, 5.74) is 3.81. The number of aliphatic imine (C=N–C) groups is 1. The number of para-hydroxylation sites is 1. The Hall–Kier alpha value is -2.78. The predicted molar refractivity (Wildman–Crippen MR) is 114 cm³/mol. The summed E-state index contributed by atoms with van der Waals surface area (Å²) in [6, 6.07) is 26.5. The SMILES string of the molecule is C(=C\C(=N\c1ccc2c(c1)CCC2)Oc1ccccc1)/Sc1ccccc1. The second kappa shape index (κ2) is 8.74. The van der Waals surface area contributed by atoms with Crippen LogP contribution in [0.5, 0.6) is 5.75 Å². The number of fused-ring (bicyclic) bond motifs is 1. The van der Waals surface area contributed by atoms with Gasteiger partial charge in [-0.25, -0.2) is 4.99 Å². The van der Waals surface area contributed by atoms with Gasteiger partial charge in [-0.2, -0.15) is 0 Å². The zero-order chi connectivity index (χ0) is 18.3. The van der Waals surface area contributed by atoms with E-state index < -0.39 is 0 Å². The molecule has 0 bridgehead atoms. The van der Waals surface area contributed by atoms with Crippen molar-refractivity contribution in [2.24, 2.45) is 4.99 Å². The van der Waals surface area contributed by atoms with Crippen LogP contribution in [0.1, 0.15) is 17.5 Å². The van der Waals surface area contributed by atoms with Crippen LogP contribution in [-0.2, 0) is 12.8 Å². The summed E-state index contributed by atoms with van der Waals surface area (Å²) in [6.45, 7) is 0. The standard InChI is InChI=1S/C24H21NOS/c1-3-10-22(11-4-1)26-24(16-17-27-23-12-5-2-6-13-23)25-21-15-14-19-8-7-9-20(19)18-21/h1-6,10-18H,7-9H2/b17-16+,25-24-. The second-order valence-electron chi connectivity index (χ2n) is 6.41. The molecule has 0 aromatic heterocycles. The average molecular weight is 372 g/mol. The summed E-state index contributed by atoms with van der Waals surface area (Å²) < 4.78 is 6.03. The van der Waals surface area contributed by atoms with Gasteiger partial charge in [0.15, 0.2) is 0 Å². The Morgan fingerprint density at radius 1 is 0.852 bits per heavy atom. The van der Waals surface area contributed by atoms with Crippen molar-refractivity contribution in [1.82, 2.24) is 0 Å². The van der Waals surface area contributed by atoms with Gasteiger partial charge in [-0.3, -0.25) is 0 Å². The lowest BCUT2D eigenvalue weighted by Gasteiger charge is -2.07. The number of rotatable bonds is 5. The number of benzene rings is 3. The maximum Gasteiger partial charge on any atom is 0.220 e. The minimum absolute atomic E-state index is 0.586. The molecule has 1 aliphatic carbocycles. The molecule has 0 amide bonds. The third kappa shape index (κ3) is 4.89. The smallest absolute Gasteiger partial charge is 0.220 e. The molecule has 1 aliphatic rings. The largest absolute Gasteiger partial charge is 0.439 e. The molecule has 0 aliphatic heterocycles. The Morgan fingerprint density at radius 2 is 1.59 bits per heavy atom. The van der Waals surface area contributed by atoms with Crippen LogP contribution >= 0.6 is 11.8 Å². The fourth-order valence-electron chi connectivity index (χ4n) is 3.13. The first kappa shape index (κ1) is 17.6. The minimum atomic E-state index is 0.586. The number of nitrogens with zero attached hydrogens (tertiary/aromatic N) is 1. The fraction of sp³-hybridized carbons (Fsp3) is 0.125. The molecule has 3 aromatic rings. The monoisotopic (exact) mass is 371 g/mol. The number of thioether (sulfide) groups is 1. The molecule has 0 saturated carbocycles. The Labute approximate surface area is 164 Å². The summed E-state index contributed by atoms with van der Waals surface area (Å²) in [5, 5.41) is 2.02. The van der Waals surface area contributed by atoms with Gasteiger partial charge < -0.3 is 4.74 Å².